The van der Waals surface area contributed by atoms with Crippen molar-refractivity contribution >= 4 is 5.69 Å². The molecule has 0 fully saturated rings. The van der Waals surface area contributed by atoms with Crippen molar-refractivity contribution < 1.29 is 4.74 Å². The molecule has 0 atom stereocenters. The molecule has 118 valence electrons. The number of benzene rings is 2. The van der Waals surface area contributed by atoms with Crippen LogP contribution in [-0.4, -0.2) is 6.61 Å². The fourth-order valence-electron chi connectivity index (χ4n) is 2.76. The van der Waals surface area contributed by atoms with Gasteiger partial charge in [-0.2, -0.15) is 0 Å². The van der Waals surface area contributed by atoms with Gasteiger partial charge in [-0.3, -0.25) is 0 Å². The number of hydrogen-bond acceptors (Lipinski definition) is 2. The van der Waals surface area contributed by atoms with Gasteiger partial charge >= 0.3 is 0 Å². The van der Waals surface area contributed by atoms with Crippen molar-refractivity contribution in [3.63, 3.8) is 0 Å². The first-order valence-corrected chi connectivity index (χ1v) is 8.14. The molecule has 0 spiro atoms. The quantitative estimate of drug-likeness (QED) is 0.691. The minimum absolute atomic E-state index is 0.785. The molecule has 2 heteroatoms. The van der Waals surface area contributed by atoms with Crippen LogP contribution in [0.25, 0.3) is 0 Å². The van der Waals surface area contributed by atoms with E-state index in [4.69, 9.17) is 4.74 Å². The van der Waals surface area contributed by atoms with E-state index in [1.54, 1.807) is 0 Å². The molecular weight excluding hydrogens is 270 g/mol. The second kappa shape index (κ2) is 7.88. The molecule has 0 amide bonds. The van der Waals surface area contributed by atoms with E-state index >= 15 is 0 Å². The van der Waals surface area contributed by atoms with Crippen molar-refractivity contribution in [3.8, 4) is 5.75 Å². The Labute approximate surface area is 134 Å². The third kappa shape index (κ3) is 4.27. The largest absolute Gasteiger partial charge is 0.493 e. The summed E-state index contributed by atoms with van der Waals surface area (Å²) < 4.78 is 5.91. The van der Waals surface area contributed by atoms with Crippen LogP contribution in [0.2, 0.25) is 0 Å². The van der Waals surface area contributed by atoms with Crippen LogP contribution >= 0.6 is 0 Å². The molecule has 0 saturated carbocycles. The third-order valence-corrected chi connectivity index (χ3v) is 3.86. The van der Waals surface area contributed by atoms with Crippen LogP contribution in [0.15, 0.2) is 36.4 Å². The highest BCUT2D eigenvalue weighted by Gasteiger charge is 2.06. The first kappa shape index (κ1) is 16.4. The summed E-state index contributed by atoms with van der Waals surface area (Å²) in [4.78, 5) is 0. The highest BCUT2D eigenvalue weighted by Crippen LogP contribution is 2.25. The van der Waals surface area contributed by atoms with Gasteiger partial charge in [0.1, 0.15) is 5.75 Å². The Morgan fingerprint density at radius 3 is 2.36 bits per heavy atom. The zero-order chi connectivity index (χ0) is 15.9. The Kier molecular flexibility index (Phi) is 5.88. The summed E-state index contributed by atoms with van der Waals surface area (Å²) in [5.74, 6) is 0.992. The molecule has 0 aliphatic heterocycles. The van der Waals surface area contributed by atoms with Crippen molar-refractivity contribution in [3.05, 3.63) is 58.7 Å². The second-order valence-corrected chi connectivity index (χ2v) is 5.94. The molecule has 2 aromatic carbocycles. The summed E-state index contributed by atoms with van der Waals surface area (Å²) in [5, 5.41) is 3.58. The average molecular weight is 297 g/mol. The minimum atomic E-state index is 0.785. The third-order valence-electron chi connectivity index (χ3n) is 3.86. The van der Waals surface area contributed by atoms with Crippen LogP contribution in [0.5, 0.6) is 5.75 Å². The molecule has 0 radical (unpaired) electrons. The average Bonchev–Trinajstić information content (AvgIpc) is 2.48. The molecule has 22 heavy (non-hydrogen) atoms. The van der Waals surface area contributed by atoms with Crippen LogP contribution in [-0.2, 0) is 6.54 Å². The van der Waals surface area contributed by atoms with Crippen LogP contribution in [0, 0.1) is 20.8 Å². The number of nitrogens with one attached hydrogen (secondary N) is 1. The van der Waals surface area contributed by atoms with E-state index in [1.807, 2.05) is 6.07 Å². The Hall–Kier alpha value is -1.96. The summed E-state index contributed by atoms with van der Waals surface area (Å²) in [7, 11) is 0. The van der Waals surface area contributed by atoms with Crippen LogP contribution in [0.1, 0.15) is 42.0 Å². The predicted molar refractivity (Wildman–Crippen MR) is 94.8 cm³/mol. The Morgan fingerprint density at radius 2 is 1.68 bits per heavy atom. The van der Waals surface area contributed by atoms with Crippen molar-refractivity contribution in [2.24, 2.45) is 0 Å². The Balaban J connectivity index is 2.09. The summed E-state index contributed by atoms with van der Waals surface area (Å²) in [6.45, 7) is 10.2. The molecule has 0 unspecified atom stereocenters. The van der Waals surface area contributed by atoms with Gasteiger partial charge in [0.05, 0.1) is 6.61 Å². The number of para-hydroxylation sites is 1. The number of aryl methyl sites for hydroxylation is 3. The van der Waals surface area contributed by atoms with Crippen LogP contribution < -0.4 is 10.1 Å². The highest BCUT2D eigenvalue weighted by atomic mass is 16.5. The summed E-state index contributed by atoms with van der Waals surface area (Å²) >= 11 is 0. The van der Waals surface area contributed by atoms with Crippen molar-refractivity contribution in [1.29, 1.82) is 0 Å². The monoisotopic (exact) mass is 297 g/mol. The molecule has 0 aliphatic rings. The van der Waals surface area contributed by atoms with E-state index in [2.05, 4.69) is 63.3 Å². The molecule has 0 saturated heterocycles. The fourth-order valence-corrected chi connectivity index (χ4v) is 2.76. The molecule has 0 heterocycles. The topological polar surface area (TPSA) is 21.3 Å². The number of unbranched alkanes of at least 4 members (excludes halogenated alkanes) is 1. The molecule has 0 aromatic heterocycles. The number of anilines is 1. The molecule has 2 nitrogen and oxygen atoms in total. The van der Waals surface area contributed by atoms with Gasteiger partial charge in [-0.25, -0.2) is 0 Å². The molecule has 2 rings (SSSR count). The van der Waals surface area contributed by atoms with Gasteiger partial charge in [0.15, 0.2) is 0 Å². The maximum absolute atomic E-state index is 5.91. The fraction of sp³-hybridized carbons (Fsp3) is 0.400. The van der Waals surface area contributed by atoms with Gasteiger partial charge < -0.3 is 10.1 Å². The lowest BCUT2D eigenvalue weighted by Gasteiger charge is -2.16. The summed E-state index contributed by atoms with van der Waals surface area (Å²) in [6.07, 6.45) is 2.25. The Bertz CT molecular complexity index is 596. The van der Waals surface area contributed by atoms with Crippen molar-refractivity contribution in [1.82, 2.24) is 0 Å². The van der Waals surface area contributed by atoms with E-state index in [9.17, 15) is 0 Å². The zero-order valence-corrected chi connectivity index (χ0v) is 14.2. The lowest BCUT2D eigenvalue weighted by molar-refractivity contribution is 0.306. The van der Waals surface area contributed by atoms with E-state index in [-0.39, 0.29) is 0 Å². The Morgan fingerprint density at radius 1 is 1.00 bits per heavy atom. The van der Waals surface area contributed by atoms with Crippen molar-refractivity contribution in [2.45, 2.75) is 47.1 Å². The first-order chi connectivity index (χ1) is 10.6. The SMILES string of the molecule is CCCCOc1ccccc1CNc1c(C)cc(C)cc1C. The van der Waals surface area contributed by atoms with E-state index in [1.165, 1.54) is 27.9 Å². The number of rotatable bonds is 7. The molecular formula is C20H27NO. The van der Waals surface area contributed by atoms with Crippen LogP contribution in [0.4, 0.5) is 5.69 Å². The van der Waals surface area contributed by atoms with Gasteiger partial charge in [0.2, 0.25) is 0 Å². The standard InChI is InChI=1S/C20H27NO/c1-5-6-11-22-19-10-8-7-9-18(19)14-21-20-16(3)12-15(2)13-17(20)4/h7-10,12-13,21H,5-6,11,14H2,1-4H3. The van der Waals surface area contributed by atoms with Gasteiger partial charge in [-0.15, -0.1) is 0 Å². The van der Waals surface area contributed by atoms with E-state index < -0.39 is 0 Å². The van der Waals surface area contributed by atoms with Gasteiger partial charge in [0, 0.05) is 17.8 Å². The van der Waals surface area contributed by atoms with Gasteiger partial charge in [-0.05, 0) is 44.4 Å². The minimum Gasteiger partial charge on any atom is -0.493 e. The maximum atomic E-state index is 5.91. The molecule has 0 aliphatic carbocycles. The van der Waals surface area contributed by atoms with E-state index in [0.29, 0.717) is 0 Å². The predicted octanol–water partition coefficient (Wildman–Crippen LogP) is 5.40. The number of ether oxygens (including phenoxy) is 1. The molecule has 1 N–H and O–H groups in total. The normalized spacial score (nSPS) is 10.5. The molecule has 0 bridgehead atoms. The smallest absolute Gasteiger partial charge is 0.124 e. The summed E-state index contributed by atoms with van der Waals surface area (Å²) in [5.41, 5.74) is 6.33. The lowest BCUT2D eigenvalue weighted by Crippen LogP contribution is -2.06. The number of hydrogen-bond donors (Lipinski definition) is 1. The van der Waals surface area contributed by atoms with Crippen LogP contribution in [0.3, 0.4) is 0 Å². The van der Waals surface area contributed by atoms with E-state index in [0.717, 1.165) is 31.7 Å². The zero-order valence-electron chi connectivity index (χ0n) is 14.2. The van der Waals surface area contributed by atoms with Gasteiger partial charge in [-0.1, -0.05) is 49.2 Å². The summed E-state index contributed by atoms with van der Waals surface area (Å²) in [6, 6.07) is 12.7. The lowest BCUT2D eigenvalue weighted by atomic mass is 10.0. The molecule has 2 aromatic rings. The van der Waals surface area contributed by atoms with Gasteiger partial charge in [0.25, 0.3) is 0 Å². The first-order valence-electron chi connectivity index (χ1n) is 8.14. The second-order valence-electron chi connectivity index (χ2n) is 5.94. The highest BCUT2D eigenvalue weighted by molar-refractivity contribution is 5.58. The maximum Gasteiger partial charge on any atom is 0.124 e. The van der Waals surface area contributed by atoms with Crippen molar-refractivity contribution in [2.75, 3.05) is 11.9 Å².